The number of carbonyl (C=O) groups excluding carboxylic acids is 1. The Kier molecular flexibility index (Phi) is 4.70. The first-order chi connectivity index (χ1) is 11.7. The van der Waals surface area contributed by atoms with E-state index in [1.807, 2.05) is 48.5 Å². The molecule has 1 aliphatic rings. The van der Waals surface area contributed by atoms with Crippen molar-refractivity contribution in [2.45, 2.75) is 6.54 Å². The molecule has 1 aliphatic heterocycles. The van der Waals surface area contributed by atoms with E-state index in [0.29, 0.717) is 12.1 Å². The summed E-state index contributed by atoms with van der Waals surface area (Å²) in [5.41, 5.74) is 2.33. The highest BCUT2D eigenvalue weighted by atomic mass is 16.5. The molecule has 0 aliphatic carbocycles. The van der Waals surface area contributed by atoms with Crippen molar-refractivity contribution in [2.24, 2.45) is 0 Å². The normalized spacial score (nSPS) is 12.5. The summed E-state index contributed by atoms with van der Waals surface area (Å²) in [6.07, 6.45) is 1.83. The van der Waals surface area contributed by atoms with Crippen molar-refractivity contribution in [3.8, 4) is 17.2 Å². The molecule has 3 rings (SSSR count). The number of carbonyl (C=O) groups is 1. The number of amides is 1. The van der Waals surface area contributed by atoms with Crippen LogP contribution in [-0.4, -0.2) is 26.7 Å². The summed E-state index contributed by atoms with van der Waals surface area (Å²) in [6, 6.07) is 13.1. The lowest BCUT2D eigenvalue weighted by Crippen LogP contribution is -2.28. The molecule has 5 nitrogen and oxygen atoms in total. The number of ether oxygens (including phenoxy) is 3. The van der Waals surface area contributed by atoms with Crippen molar-refractivity contribution in [1.29, 1.82) is 0 Å². The van der Waals surface area contributed by atoms with Crippen LogP contribution in [0.4, 0.5) is 0 Å². The van der Waals surface area contributed by atoms with Crippen LogP contribution in [0, 0.1) is 0 Å². The molecule has 0 unspecified atom stereocenters. The monoisotopic (exact) mass is 325 g/mol. The number of nitrogens with one attached hydrogen (secondary N) is 1. The topological polar surface area (TPSA) is 56.8 Å². The highest BCUT2D eigenvalue weighted by Crippen LogP contribution is 2.30. The summed E-state index contributed by atoms with van der Waals surface area (Å²) >= 11 is 0. The van der Waals surface area contributed by atoms with Crippen LogP contribution in [-0.2, 0) is 11.3 Å². The first-order valence-electron chi connectivity index (χ1n) is 7.63. The second-order valence-electron chi connectivity index (χ2n) is 5.36. The molecule has 1 heterocycles. The molecule has 2 aromatic rings. The molecule has 0 saturated carbocycles. The molecular formula is C19H19NO4. The Morgan fingerprint density at radius 2 is 2.00 bits per heavy atom. The lowest BCUT2D eigenvalue weighted by atomic mass is 10.1. The SMILES string of the molecule is COc1ccc2c(c1)C=C(C(=O)NCc1ccccc1OC)CO2. The Morgan fingerprint density at radius 1 is 1.17 bits per heavy atom. The average Bonchev–Trinajstić information content (AvgIpc) is 2.65. The van der Waals surface area contributed by atoms with Crippen LogP contribution in [0.1, 0.15) is 11.1 Å². The zero-order valence-corrected chi connectivity index (χ0v) is 13.7. The fourth-order valence-electron chi connectivity index (χ4n) is 2.55. The van der Waals surface area contributed by atoms with Crippen molar-refractivity contribution >= 4 is 12.0 Å². The summed E-state index contributed by atoms with van der Waals surface area (Å²) in [5, 5.41) is 2.90. The minimum atomic E-state index is -0.158. The molecule has 0 bridgehead atoms. The van der Waals surface area contributed by atoms with Gasteiger partial charge in [0.1, 0.15) is 23.9 Å². The summed E-state index contributed by atoms with van der Waals surface area (Å²) in [5.74, 6) is 2.07. The molecule has 1 N–H and O–H groups in total. The number of rotatable bonds is 5. The van der Waals surface area contributed by atoms with Gasteiger partial charge in [-0.25, -0.2) is 0 Å². The van der Waals surface area contributed by atoms with Crippen LogP contribution in [0.15, 0.2) is 48.0 Å². The summed E-state index contributed by atoms with van der Waals surface area (Å²) < 4.78 is 16.1. The Morgan fingerprint density at radius 3 is 2.79 bits per heavy atom. The van der Waals surface area contributed by atoms with Gasteiger partial charge in [-0.3, -0.25) is 4.79 Å². The Balaban J connectivity index is 1.72. The van der Waals surface area contributed by atoms with Crippen LogP contribution >= 0.6 is 0 Å². The lowest BCUT2D eigenvalue weighted by molar-refractivity contribution is -0.117. The van der Waals surface area contributed by atoms with Gasteiger partial charge < -0.3 is 19.5 Å². The Hall–Kier alpha value is -2.95. The highest BCUT2D eigenvalue weighted by Gasteiger charge is 2.18. The first kappa shape index (κ1) is 15.9. The van der Waals surface area contributed by atoms with Gasteiger partial charge in [0.2, 0.25) is 0 Å². The van der Waals surface area contributed by atoms with E-state index in [2.05, 4.69) is 5.32 Å². The van der Waals surface area contributed by atoms with Crippen LogP contribution in [0.3, 0.4) is 0 Å². The molecule has 0 fully saturated rings. The number of para-hydroxylation sites is 1. The number of hydrogen-bond donors (Lipinski definition) is 1. The zero-order chi connectivity index (χ0) is 16.9. The highest BCUT2D eigenvalue weighted by molar-refractivity contribution is 5.99. The molecule has 0 radical (unpaired) electrons. The van der Waals surface area contributed by atoms with Crippen molar-refractivity contribution in [3.05, 3.63) is 59.2 Å². The van der Waals surface area contributed by atoms with Gasteiger partial charge in [-0.2, -0.15) is 0 Å². The Bertz CT molecular complexity index is 783. The van der Waals surface area contributed by atoms with Crippen molar-refractivity contribution in [2.75, 3.05) is 20.8 Å². The third-order valence-electron chi connectivity index (χ3n) is 3.85. The molecule has 0 spiro atoms. The van der Waals surface area contributed by atoms with Gasteiger partial charge in [-0.1, -0.05) is 18.2 Å². The number of methoxy groups -OCH3 is 2. The van der Waals surface area contributed by atoms with E-state index in [0.717, 1.165) is 28.4 Å². The second-order valence-corrected chi connectivity index (χ2v) is 5.36. The second kappa shape index (κ2) is 7.08. The van der Waals surface area contributed by atoms with Gasteiger partial charge >= 0.3 is 0 Å². The van der Waals surface area contributed by atoms with Crippen LogP contribution in [0.5, 0.6) is 17.2 Å². The predicted molar refractivity (Wildman–Crippen MR) is 91.3 cm³/mol. The van der Waals surface area contributed by atoms with Gasteiger partial charge in [-0.15, -0.1) is 0 Å². The van der Waals surface area contributed by atoms with Gasteiger partial charge in [0.05, 0.1) is 19.8 Å². The molecule has 0 atom stereocenters. The van der Waals surface area contributed by atoms with E-state index >= 15 is 0 Å². The number of hydrogen-bond acceptors (Lipinski definition) is 4. The average molecular weight is 325 g/mol. The van der Waals surface area contributed by atoms with Gasteiger partial charge in [0.15, 0.2) is 0 Å². The third-order valence-corrected chi connectivity index (χ3v) is 3.85. The summed E-state index contributed by atoms with van der Waals surface area (Å²) in [7, 11) is 3.22. The van der Waals surface area contributed by atoms with Crippen molar-refractivity contribution in [1.82, 2.24) is 5.32 Å². The number of benzene rings is 2. The molecule has 0 saturated heterocycles. The molecular weight excluding hydrogens is 306 g/mol. The molecule has 24 heavy (non-hydrogen) atoms. The first-order valence-corrected chi connectivity index (χ1v) is 7.63. The quantitative estimate of drug-likeness (QED) is 0.918. The maximum absolute atomic E-state index is 12.4. The zero-order valence-electron chi connectivity index (χ0n) is 13.7. The van der Waals surface area contributed by atoms with E-state index in [9.17, 15) is 4.79 Å². The van der Waals surface area contributed by atoms with Crippen LogP contribution < -0.4 is 19.5 Å². The fraction of sp³-hybridized carbons (Fsp3) is 0.211. The molecule has 0 aromatic heterocycles. The lowest BCUT2D eigenvalue weighted by Gasteiger charge is -2.18. The van der Waals surface area contributed by atoms with Crippen LogP contribution in [0.25, 0.3) is 6.08 Å². The summed E-state index contributed by atoms with van der Waals surface area (Å²) in [6.45, 7) is 0.641. The van der Waals surface area contributed by atoms with Gasteiger partial charge in [0.25, 0.3) is 5.91 Å². The van der Waals surface area contributed by atoms with Gasteiger partial charge in [-0.05, 0) is 30.3 Å². The molecule has 2 aromatic carbocycles. The van der Waals surface area contributed by atoms with E-state index < -0.39 is 0 Å². The largest absolute Gasteiger partial charge is 0.497 e. The van der Waals surface area contributed by atoms with E-state index in [4.69, 9.17) is 14.2 Å². The predicted octanol–water partition coefficient (Wildman–Crippen LogP) is 2.80. The van der Waals surface area contributed by atoms with Gasteiger partial charge in [0, 0.05) is 17.7 Å². The van der Waals surface area contributed by atoms with Crippen molar-refractivity contribution < 1.29 is 19.0 Å². The maximum atomic E-state index is 12.4. The Labute approximate surface area is 140 Å². The smallest absolute Gasteiger partial charge is 0.250 e. The van der Waals surface area contributed by atoms with E-state index in [1.165, 1.54) is 0 Å². The molecule has 1 amide bonds. The minimum absolute atomic E-state index is 0.158. The minimum Gasteiger partial charge on any atom is -0.497 e. The third kappa shape index (κ3) is 3.35. The molecule has 5 heteroatoms. The standard InChI is InChI=1S/C19H19NO4/c1-22-16-7-8-18-14(10-16)9-15(12-24-18)19(21)20-11-13-5-3-4-6-17(13)23-2/h3-10H,11-12H2,1-2H3,(H,20,21). The maximum Gasteiger partial charge on any atom is 0.250 e. The van der Waals surface area contributed by atoms with E-state index in [-0.39, 0.29) is 12.5 Å². The van der Waals surface area contributed by atoms with E-state index in [1.54, 1.807) is 14.2 Å². The summed E-state index contributed by atoms with van der Waals surface area (Å²) in [4.78, 5) is 12.4. The fourth-order valence-corrected chi connectivity index (χ4v) is 2.55. The number of fused-ring (bicyclic) bond motifs is 1. The van der Waals surface area contributed by atoms with Crippen LogP contribution in [0.2, 0.25) is 0 Å². The van der Waals surface area contributed by atoms with Crippen molar-refractivity contribution in [3.63, 3.8) is 0 Å². The molecule has 124 valence electrons.